The first-order valence-corrected chi connectivity index (χ1v) is 11.5. The van der Waals surface area contributed by atoms with Crippen molar-refractivity contribution in [3.05, 3.63) is 28.8 Å². The predicted molar refractivity (Wildman–Crippen MR) is 118 cm³/mol. The predicted octanol–water partition coefficient (Wildman–Crippen LogP) is 4.10. The summed E-state index contributed by atoms with van der Waals surface area (Å²) in [5.74, 6) is 1.45. The van der Waals surface area contributed by atoms with Crippen LogP contribution in [0.3, 0.4) is 0 Å². The van der Waals surface area contributed by atoms with E-state index in [-0.39, 0.29) is 0 Å². The Hall–Kier alpha value is -1.93. The number of nitrogens with one attached hydrogen (secondary N) is 2. The first-order valence-electron chi connectivity index (χ1n) is 10.7. The van der Waals surface area contributed by atoms with Gasteiger partial charge in [0.25, 0.3) is 0 Å². The number of hydrogen-bond donors (Lipinski definition) is 2. The zero-order valence-electron chi connectivity index (χ0n) is 16.9. The van der Waals surface area contributed by atoms with Gasteiger partial charge < -0.3 is 10.6 Å². The number of halogens is 1. The van der Waals surface area contributed by atoms with E-state index in [0.29, 0.717) is 12.0 Å². The molecule has 3 aromatic rings. The van der Waals surface area contributed by atoms with Crippen molar-refractivity contribution in [1.82, 2.24) is 29.7 Å². The summed E-state index contributed by atoms with van der Waals surface area (Å²) in [4.78, 5) is 5.13. The average molecular weight is 458 g/mol. The van der Waals surface area contributed by atoms with E-state index < -0.39 is 0 Å². The molecule has 1 aliphatic carbocycles. The van der Waals surface area contributed by atoms with Crippen molar-refractivity contribution in [3.8, 4) is 11.1 Å². The van der Waals surface area contributed by atoms with E-state index in [1.165, 1.54) is 38.5 Å². The van der Waals surface area contributed by atoms with Crippen molar-refractivity contribution in [2.24, 2.45) is 7.05 Å². The maximum Gasteiger partial charge on any atom is 0.165 e. The molecule has 1 aliphatic heterocycles. The molecule has 5 rings (SSSR count). The highest BCUT2D eigenvalue weighted by molar-refractivity contribution is 9.10. The van der Waals surface area contributed by atoms with Crippen LogP contribution in [0, 0.1) is 0 Å². The Labute approximate surface area is 179 Å². The molecule has 2 aliphatic rings. The van der Waals surface area contributed by atoms with Crippen LogP contribution in [-0.4, -0.2) is 43.5 Å². The Kier molecular flexibility index (Phi) is 5.30. The molecule has 1 atom stereocenters. The van der Waals surface area contributed by atoms with E-state index in [1.54, 1.807) is 0 Å². The Morgan fingerprint density at radius 2 is 1.97 bits per heavy atom. The highest BCUT2D eigenvalue weighted by Crippen LogP contribution is 2.37. The summed E-state index contributed by atoms with van der Waals surface area (Å²) < 4.78 is 4.86. The van der Waals surface area contributed by atoms with E-state index in [1.807, 2.05) is 34.8 Å². The standard InChI is InChI=1S/C21H28BrN7/c1-28-13-15(11-24-28)17-12-25-29-20(17)27-19(14-6-5-9-23-10-14)18(22)21(29)26-16-7-3-2-4-8-16/h11-14,16,23,26H,2-10H2,1H3. The van der Waals surface area contributed by atoms with E-state index in [4.69, 9.17) is 10.1 Å². The third kappa shape index (κ3) is 3.68. The van der Waals surface area contributed by atoms with E-state index in [2.05, 4.69) is 31.7 Å². The van der Waals surface area contributed by atoms with Gasteiger partial charge in [0.15, 0.2) is 5.65 Å². The Bertz CT molecular complexity index is 996. The quantitative estimate of drug-likeness (QED) is 0.616. The lowest BCUT2D eigenvalue weighted by Crippen LogP contribution is -2.30. The molecule has 2 N–H and O–H groups in total. The summed E-state index contributed by atoms with van der Waals surface area (Å²) in [7, 11) is 1.94. The maximum absolute atomic E-state index is 5.13. The summed E-state index contributed by atoms with van der Waals surface area (Å²) in [6.45, 7) is 2.07. The van der Waals surface area contributed by atoms with Crippen LogP contribution in [0.1, 0.15) is 56.6 Å². The number of piperidine rings is 1. The van der Waals surface area contributed by atoms with E-state index in [0.717, 1.165) is 52.3 Å². The minimum absolute atomic E-state index is 0.409. The second-order valence-electron chi connectivity index (χ2n) is 8.38. The summed E-state index contributed by atoms with van der Waals surface area (Å²) >= 11 is 3.90. The molecule has 4 heterocycles. The molecular formula is C21H28BrN7. The lowest BCUT2D eigenvalue weighted by molar-refractivity contribution is 0.451. The van der Waals surface area contributed by atoms with Crippen molar-refractivity contribution in [1.29, 1.82) is 0 Å². The monoisotopic (exact) mass is 457 g/mol. The van der Waals surface area contributed by atoms with Gasteiger partial charge in [-0.05, 0) is 48.2 Å². The van der Waals surface area contributed by atoms with Crippen LogP contribution in [0.4, 0.5) is 5.82 Å². The van der Waals surface area contributed by atoms with Gasteiger partial charge in [0.1, 0.15) is 5.82 Å². The summed E-state index contributed by atoms with van der Waals surface area (Å²) in [5, 5.41) is 16.4. The van der Waals surface area contributed by atoms with Gasteiger partial charge in [-0.3, -0.25) is 4.68 Å². The largest absolute Gasteiger partial charge is 0.366 e. The fourth-order valence-electron chi connectivity index (χ4n) is 4.68. The van der Waals surface area contributed by atoms with Gasteiger partial charge in [-0.15, -0.1) is 0 Å². The molecule has 0 spiro atoms. The zero-order chi connectivity index (χ0) is 19.8. The Morgan fingerprint density at radius 1 is 1.10 bits per heavy atom. The highest BCUT2D eigenvalue weighted by atomic mass is 79.9. The Morgan fingerprint density at radius 3 is 2.69 bits per heavy atom. The third-order valence-corrected chi connectivity index (χ3v) is 7.04. The minimum Gasteiger partial charge on any atom is -0.366 e. The number of hydrogen-bond acceptors (Lipinski definition) is 5. The molecule has 1 unspecified atom stereocenters. The topological polar surface area (TPSA) is 72.1 Å². The van der Waals surface area contributed by atoms with Crippen molar-refractivity contribution in [3.63, 3.8) is 0 Å². The SMILES string of the molecule is Cn1cc(-c2cnn3c(NC4CCCCC4)c(Br)c(C4CCCNC4)nc23)cn1. The van der Waals surface area contributed by atoms with E-state index >= 15 is 0 Å². The van der Waals surface area contributed by atoms with E-state index in [9.17, 15) is 0 Å². The minimum atomic E-state index is 0.409. The smallest absolute Gasteiger partial charge is 0.165 e. The second-order valence-corrected chi connectivity index (χ2v) is 9.17. The molecule has 0 amide bonds. The Balaban J connectivity index is 1.63. The normalized spacial score (nSPS) is 21.0. The molecule has 1 saturated carbocycles. The van der Waals surface area contributed by atoms with Gasteiger partial charge in [0.2, 0.25) is 0 Å². The summed E-state index contributed by atoms with van der Waals surface area (Å²) in [6, 6.07) is 0.494. The fourth-order valence-corrected chi connectivity index (χ4v) is 5.37. The molecule has 0 bridgehead atoms. The molecule has 3 aromatic heterocycles. The lowest BCUT2D eigenvalue weighted by Gasteiger charge is -2.27. The van der Waals surface area contributed by atoms with Gasteiger partial charge in [-0.25, -0.2) is 4.98 Å². The number of aromatic nitrogens is 5. The van der Waals surface area contributed by atoms with Crippen LogP contribution >= 0.6 is 15.9 Å². The van der Waals surface area contributed by atoms with Crippen molar-refractivity contribution in [2.75, 3.05) is 18.4 Å². The van der Waals surface area contributed by atoms with Crippen LogP contribution in [0.2, 0.25) is 0 Å². The number of fused-ring (bicyclic) bond motifs is 1. The van der Waals surface area contributed by atoms with Crippen molar-refractivity contribution >= 4 is 27.4 Å². The molecule has 1 saturated heterocycles. The molecule has 0 aromatic carbocycles. The number of rotatable bonds is 4. The molecule has 2 fully saturated rings. The van der Waals surface area contributed by atoms with Crippen molar-refractivity contribution < 1.29 is 0 Å². The maximum atomic E-state index is 5.13. The highest BCUT2D eigenvalue weighted by Gasteiger charge is 2.26. The summed E-state index contributed by atoms with van der Waals surface area (Å²) in [6.07, 6.45) is 14.5. The lowest BCUT2D eigenvalue weighted by atomic mass is 9.94. The molecular weight excluding hydrogens is 430 g/mol. The molecule has 0 radical (unpaired) electrons. The number of anilines is 1. The molecule has 154 valence electrons. The fraction of sp³-hybridized carbons (Fsp3) is 0.571. The number of nitrogens with zero attached hydrogens (tertiary/aromatic N) is 5. The summed E-state index contributed by atoms with van der Waals surface area (Å²) in [5.41, 5.74) is 4.12. The first-order chi connectivity index (χ1) is 14.2. The van der Waals surface area contributed by atoms with Crippen LogP contribution in [0.5, 0.6) is 0 Å². The van der Waals surface area contributed by atoms with Gasteiger partial charge in [-0.2, -0.15) is 14.7 Å². The van der Waals surface area contributed by atoms with Crippen LogP contribution < -0.4 is 10.6 Å². The average Bonchev–Trinajstić information content (AvgIpc) is 3.37. The van der Waals surface area contributed by atoms with Crippen LogP contribution in [-0.2, 0) is 7.05 Å². The molecule has 8 heteroatoms. The van der Waals surface area contributed by atoms with Gasteiger partial charge in [0, 0.05) is 42.9 Å². The molecule has 29 heavy (non-hydrogen) atoms. The number of aryl methyl sites for hydroxylation is 1. The van der Waals surface area contributed by atoms with Gasteiger partial charge >= 0.3 is 0 Å². The van der Waals surface area contributed by atoms with Crippen LogP contribution in [0.15, 0.2) is 23.1 Å². The van der Waals surface area contributed by atoms with Crippen LogP contribution in [0.25, 0.3) is 16.8 Å². The van der Waals surface area contributed by atoms with Gasteiger partial charge in [-0.1, -0.05) is 19.3 Å². The van der Waals surface area contributed by atoms with Crippen molar-refractivity contribution in [2.45, 2.75) is 56.9 Å². The zero-order valence-corrected chi connectivity index (χ0v) is 18.5. The van der Waals surface area contributed by atoms with Gasteiger partial charge in [0.05, 0.1) is 22.6 Å². The third-order valence-electron chi connectivity index (χ3n) is 6.26. The molecule has 7 nitrogen and oxygen atoms in total. The second kappa shape index (κ2) is 8.07. The first kappa shape index (κ1) is 19.1.